The van der Waals surface area contributed by atoms with Crippen LogP contribution in [0.4, 0.5) is 0 Å². The number of nitrogens with zero attached hydrogens (tertiary/aromatic N) is 1. The summed E-state index contributed by atoms with van der Waals surface area (Å²) in [5, 5.41) is 2.85. The van der Waals surface area contributed by atoms with Crippen LogP contribution in [0.3, 0.4) is 0 Å². The highest BCUT2D eigenvalue weighted by Gasteiger charge is 1.77. The van der Waals surface area contributed by atoms with E-state index in [2.05, 4.69) is 26.2 Å². The molecule has 1 N–H and O–H groups in total. The fourth-order valence-electron chi connectivity index (χ4n) is 0.298. The largest absolute Gasteiger partial charge is 0.393 e. The van der Waals surface area contributed by atoms with Gasteiger partial charge in [0, 0.05) is 26.5 Å². The maximum atomic E-state index is 3.77. The van der Waals surface area contributed by atoms with Gasteiger partial charge in [0.2, 0.25) is 0 Å². The zero-order chi connectivity index (χ0) is 6.41. The minimum atomic E-state index is 0.947. The number of nitrogens with one attached hydrogen (secondary N) is 1. The summed E-state index contributed by atoms with van der Waals surface area (Å²) in [5.41, 5.74) is 0. The first-order valence-electron chi connectivity index (χ1n) is 2.26. The molecule has 0 radical (unpaired) electrons. The summed E-state index contributed by atoms with van der Waals surface area (Å²) in [6, 6.07) is 0. The van der Waals surface area contributed by atoms with E-state index in [9.17, 15) is 0 Å². The SMILES string of the molecule is CN=C/C(Br)=C\NC. The first-order chi connectivity index (χ1) is 3.81. The van der Waals surface area contributed by atoms with E-state index in [1.807, 2.05) is 13.2 Å². The van der Waals surface area contributed by atoms with Crippen LogP contribution in [-0.4, -0.2) is 20.3 Å². The summed E-state index contributed by atoms with van der Waals surface area (Å²) in [6.07, 6.45) is 3.53. The van der Waals surface area contributed by atoms with Gasteiger partial charge in [-0.25, -0.2) is 0 Å². The molecule has 2 nitrogen and oxygen atoms in total. The van der Waals surface area contributed by atoms with Crippen molar-refractivity contribution < 1.29 is 0 Å². The second-order valence-electron chi connectivity index (χ2n) is 1.21. The fourth-order valence-corrected chi connectivity index (χ4v) is 0.732. The summed E-state index contributed by atoms with van der Waals surface area (Å²) < 4.78 is 0.947. The number of rotatable bonds is 2. The Bertz CT molecular complexity index is 107. The van der Waals surface area contributed by atoms with Gasteiger partial charge in [0.05, 0.1) is 4.48 Å². The van der Waals surface area contributed by atoms with Gasteiger partial charge in [-0.15, -0.1) is 0 Å². The zero-order valence-corrected chi connectivity index (χ0v) is 6.57. The van der Waals surface area contributed by atoms with Gasteiger partial charge in [-0.3, -0.25) is 4.99 Å². The van der Waals surface area contributed by atoms with Crippen molar-refractivity contribution in [1.82, 2.24) is 5.32 Å². The number of halogens is 1. The monoisotopic (exact) mass is 176 g/mol. The van der Waals surface area contributed by atoms with E-state index in [1.165, 1.54) is 0 Å². The van der Waals surface area contributed by atoms with Gasteiger partial charge in [-0.05, 0) is 15.9 Å². The molecule has 0 spiro atoms. The molecule has 0 aromatic rings. The van der Waals surface area contributed by atoms with Crippen LogP contribution in [0.2, 0.25) is 0 Å². The van der Waals surface area contributed by atoms with E-state index in [-0.39, 0.29) is 0 Å². The zero-order valence-electron chi connectivity index (χ0n) is 4.98. The molecule has 8 heavy (non-hydrogen) atoms. The third-order valence-corrected chi connectivity index (χ3v) is 0.968. The van der Waals surface area contributed by atoms with E-state index in [1.54, 1.807) is 13.3 Å². The molecule has 0 aliphatic carbocycles. The van der Waals surface area contributed by atoms with Crippen molar-refractivity contribution in [2.24, 2.45) is 4.99 Å². The average molecular weight is 177 g/mol. The van der Waals surface area contributed by atoms with Gasteiger partial charge in [0.25, 0.3) is 0 Å². The van der Waals surface area contributed by atoms with Crippen molar-refractivity contribution in [2.45, 2.75) is 0 Å². The predicted octanol–water partition coefficient (Wildman–Crippen LogP) is 1.14. The normalized spacial score (nSPS) is 12.6. The van der Waals surface area contributed by atoms with Gasteiger partial charge in [0.1, 0.15) is 0 Å². The first-order valence-corrected chi connectivity index (χ1v) is 3.05. The average Bonchev–Trinajstić information content (AvgIpc) is 1.68. The Morgan fingerprint density at radius 2 is 2.38 bits per heavy atom. The molecule has 0 bridgehead atoms. The van der Waals surface area contributed by atoms with Crippen LogP contribution in [0.25, 0.3) is 0 Å². The third kappa shape index (κ3) is 3.87. The van der Waals surface area contributed by atoms with Crippen molar-refractivity contribution in [2.75, 3.05) is 14.1 Å². The molecule has 0 aromatic carbocycles. The maximum Gasteiger partial charge on any atom is 0.0510 e. The molecule has 0 saturated heterocycles. The molecule has 0 heterocycles. The molecule has 0 atom stereocenters. The molecular formula is C5H9BrN2. The number of allylic oxidation sites excluding steroid dienone is 1. The van der Waals surface area contributed by atoms with E-state index in [0.717, 1.165) is 4.48 Å². The van der Waals surface area contributed by atoms with E-state index in [4.69, 9.17) is 0 Å². The van der Waals surface area contributed by atoms with Crippen molar-refractivity contribution in [3.05, 3.63) is 10.7 Å². The van der Waals surface area contributed by atoms with Crippen molar-refractivity contribution in [1.29, 1.82) is 0 Å². The number of hydrogen-bond donors (Lipinski definition) is 1. The van der Waals surface area contributed by atoms with Crippen LogP contribution < -0.4 is 5.32 Å². The maximum absolute atomic E-state index is 3.77. The van der Waals surface area contributed by atoms with Gasteiger partial charge in [0.15, 0.2) is 0 Å². The highest BCUT2D eigenvalue weighted by Crippen LogP contribution is 1.96. The molecule has 3 heteroatoms. The summed E-state index contributed by atoms with van der Waals surface area (Å²) in [4.78, 5) is 3.77. The lowest BCUT2D eigenvalue weighted by Crippen LogP contribution is -1.93. The third-order valence-electron chi connectivity index (χ3n) is 0.535. The van der Waals surface area contributed by atoms with Gasteiger partial charge >= 0.3 is 0 Å². The second kappa shape index (κ2) is 4.84. The lowest BCUT2D eigenvalue weighted by atomic mass is 10.6. The van der Waals surface area contributed by atoms with Crippen molar-refractivity contribution in [3.63, 3.8) is 0 Å². The Morgan fingerprint density at radius 3 is 2.75 bits per heavy atom. The summed E-state index contributed by atoms with van der Waals surface area (Å²) in [6.45, 7) is 0. The summed E-state index contributed by atoms with van der Waals surface area (Å²) in [5.74, 6) is 0. The van der Waals surface area contributed by atoms with Gasteiger partial charge < -0.3 is 5.32 Å². The topological polar surface area (TPSA) is 24.4 Å². The molecule has 0 aliphatic rings. The highest BCUT2D eigenvalue weighted by atomic mass is 79.9. The quantitative estimate of drug-likeness (QED) is 0.628. The Hall–Kier alpha value is -0.310. The molecule has 0 aromatic heterocycles. The van der Waals surface area contributed by atoms with Crippen LogP contribution in [0.1, 0.15) is 0 Å². The van der Waals surface area contributed by atoms with Crippen molar-refractivity contribution >= 4 is 22.1 Å². The van der Waals surface area contributed by atoms with E-state index >= 15 is 0 Å². The Kier molecular flexibility index (Phi) is 4.65. The van der Waals surface area contributed by atoms with E-state index in [0.29, 0.717) is 0 Å². The van der Waals surface area contributed by atoms with Crippen LogP contribution in [0.5, 0.6) is 0 Å². The molecule has 0 amide bonds. The molecule has 0 unspecified atom stereocenters. The smallest absolute Gasteiger partial charge is 0.0510 e. The lowest BCUT2D eigenvalue weighted by Gasteiger charge is -1.85. The van der Waals surface area contributed by atoms with Crippen molar-refractivity contribution in [3.8, 4) is 0 Å². The standard InChI is InChI=1S/C5H9BrN2/c1-7-3-5(6)4-8-2/h3-4,7H,1-2H3/b5-3+,8-4?. The van der Waals surface area contributed by atoms with Gasteiger partial charge in [-0.2, -0.15) is 0 Å². The molecule has 0 rings (SSSR count). The summed E-state index contributed by atoms with van der Waals surface area (Å²) >= 11 is 3.25. The van der Waals surface area contributed by atoms with Gasteiger partial charge in [-0.1, -0.05) is 0 Å². The molecule has 0 saturated carbocycles. The molecule has 46 valence electrons. The lowest BCUT2D eigenvalue weighted by molar-refractivity contribution is 1.10. The van der Waals surface area contributed by atoms with Crippen LogP contribution >= 0.6 is 15.9 Å². The fraction of sp³-hybridized carbons (Fsp3) is 0.400. The van der Waals surface area contributed by atoms with Crippen LogP contribution in [-0.2, 0) is 0 Å². The Morgan fingerprint density at radius 1 is 1.75 bits per heavy atom. The second-order valence-corrected chi connectivity index (χ2v) is 2.12. The highest BCUT2D eigenvalue weighted by molar-refractivity contribution is 9.12. The summed E-state index contributed by atoms with van der Waals surface area (Å²) in [7, 11) is 3.56. The van der Waals surface area contributed by atoms with Crippen LogP contribution in [0, 0.1) is 0 Å². The molecule has 0 aliphatic heterocycles. The molecular weight excluding hydrogens is 168 g/mol. The van der Waals surface area contributed by atoms with Crippen LogP contribution in [0.15, 0.2) is 15.7 Å². The molecule has 0 fully saturated rings. The first kappa shape index (κ1) is 7.69. The minimum Gasteiger partial charge on any atom is -0.393 e. The van der Waals surface area contributed by atoms with E-state index < -0.39 is 0 Å². The predicted molar refractivity (Wildman–Crippen MR) is 40.5 cm³/mol. The minimum absolute atomic E-state index is 0.947. The number of hydrogen-bond acceptors (Lipinski definition) is 2. The number of aliphatic imine (C=N–C) groups is 1. The Labute approximate surface area is 57.8 Å². The Balaban J connectivity index is 3.61.